The lowest BCUT2D eigenvalue weighted by atomic mass is 10.1. The minimum Gasteiger partial charge on any atom is -0.482 e. The highest BCUT2D eigenvalue weighted by Gasteiger charge is 2.31. The summed E-state index contributed by atoms with van der Waals surface area (Å²) in [6.07, 6.45) is -1.98. The molecule has 1 aliphatic heterocycles. The number of ether oxygens (including phenoxy) is 2. The maximum Gasteiger partial charge on any atom is 0.574 e. The zero-order chi connectivity index (χ0) is 19.4. The fourth-order valence-electron chi connectivity index (χ4n) is 2.56. The minimum atomic E-state index is -4.82. The highest BCUT2D eigenvalue weighted by Crippen LogP contribution is 2.23. The van der Waals surface area contributed by atoms with Crippen LogP contribution >= 0.6 is 0 Å². The summed E-state index contributed by atoms with van der Waals surface area (Å²) in [6, 6.07) is 2.24. The number of hydrogen-bond acceptors (Lipinski definition) is 6. The van der Waals surface area contributed by atoms with Crippen molar-refractivity contribution in [2.24, 2.45) is 5.92 Å². The number of carbonyl (C=O) groups is 1. The van der Waals surface area contributed by atoms with Crippen molar-refractivity contribution in [1.29, 1.82) is 0 Å². The van der Waals surface area contributed by atoms with Crippen molar-refractivity contribution in [2.75, 3.05) is 19.8 Å². The van der Waals surface area contributed by atoms with E-state index in [0.717, 1.165) is 12.3 Å². The molecule has 3 rings (SSSR count). The Morgan fingerprint density at radius 2 is 2.19 bits per heavy atom. The van der Waals surface area contributed by atoms with Crippen molar-refractivity contribution in [3.8, 4) is 11.6 Å². The van der Waals surface area contributed by atoms with E-state index in [1.165, 1.54) is 17.2 Å². The molecule has 1 saturated heterocycles. The summed E-state index contributed by atoms with van der Waals surface area (Å²) in [6.45, 7) is 0.181. The van der Waals surface area contributed by atoms with Crippen LogP contribution in [0.2, 0.25) is 0 Å². The molecule has 0 aromatic carbocycles. The Kier molecular flexibility index (Phi) is 5.47. The fourth-order valence-corrected chi connectivity index (χ4v) is 2.56. The van der Waals surface area contributed by atoms with Crippen molar-refractivity contribution in [3.05, 3.63) is 36.2 Å². The monoisotopic (exact) mass is 389 g/mol. The molecular weight excluding hydrogens is 374 g/mol. The molecule has 3 heterocycles. The third-order valence-electron chi connectivity index (χ3n) is 3.85. The van der Waals surface area contributed by atoms with Crippen molar-refractivity contribution < 1.29 is 36.2 Å². The van der Waals surface area contributed by atoms with E-state index in [-0.39, 0.29) is 35.8 Å². The number of likely N-dealkylation sites (tertiary alicyclic amines) is 1. The van der Waals surface area contributed by atoms with Gasteiger partial charge in [-0.3, -0.25) is 9.18 Å². The molecule has 0 bridgehead atoms. The molecule has 0 N–H and O–H groups in total. The second kappa shape index (κ2) is 7.80. The van der Waals surface area contributed by atoms with Crippen LogP contribution in [0.4, 0.5) is 17.6 Å². The zero-order valence-corrected chi connectivity index (χ0v) is 13.9. The van der Waals surface area contributed by atoms with Gasteiger partial charge in [0.2, 0.25) is 11.8 Å². The van der Waals surface area contributed by atoms with E-state index in [0.29, 0.717) is 19.5 Å². The molecule has 27 heavy (non-hydrogen) atoms. The predicted octanol–water partition coefficient (Wildman–Crippen LogP) is 2.98. The van der Waals surface area contributed by atoms with Crippen LogP contribution in [0.1, 0.15) is 22.8 Å². The summed E-state index contributed by atoms with van der Waals surface area (Å²) in [5, 5.41) is 0. The van der Waals surface area contributed by atoms with Crippen LogP contribution in [-0.4, -0.2) is 46.9 Å². The zero-order valence-electron chi connectivity index (χ0n) is 13.9. The average Bonchev–Trinajstić information content (AvgIpc) is 3.29. The van der Waals surface area contributed by atoms with Crippen LogP contribution in [0.25, 0.3) is 0 Å². The Hall–Kier alpha value is -2.85. The van der Waals surface area contributed by atoms with Crippen LogP contribution in [0, 0.1) is 5.92 Å². The van der Waals surface area contributed by atoms with E-state index in [9.17, 15) is 22.4 Å². The molecular formula is C16H15F4N3O4. The number of pyridine rings is 1. The molecule has 2 aromatic heterocycles. The van der Waals surface area contributed by atoms with Gasteiger partial charge in [0.1, 0.15) is 12.0 Å². The third-order valence-corrected chi connectivity index (χ3v) is 3.85. The van der Waals surface area contributed by atoms with Gasteiger partial charge in [0.15, 0.2) is 12.3 Å². The molecule has 0 aliphatic carbocycles. The maximum atomic E-state index is 12.7. The number of amides is 1. The third kappa shape index (κ3) is 5.08. The topological polar surface area (TPSA) is 77.7 Å². The second-order valence-electron chi connectivity index (χ2n) is 5.86. The number of nitrogens with zero attached hydrogens (tertiary/aromatic N) is 3. The number of halogens is 4. The lowest BCUT2D eigenvalue weighted by Crippen LogP contribution is -2.29. The molecule has 2 aromatic rings. The summed E-state index contributed by atoms with van der Waals surface area (Å²) in [5.74, 6) is -0.844. The van der Waals surface area contributed by atoms with Crippen molar-refractivity contribution in [1.82, 2.24) is 14.9 Å². The second-order valence-corrected chi connectivity index (χ2v) is 5.86. The van der Waals surface area contributed by atoms with Gasteiger partial charge in [-0.1, -0.05) is 0 Å². The summed E-state index contributed by atoms with van der Waals surface area (Å²) in [4.78, 5) is 21.3. The van der Waals surface area contributed by atoms with Crippen LogP contribution in [0.5, 0.6) is 11.6 Å². The number of aromatic nitrogens is 2. The molecule has 0 saturated carbocycles. The molecule has 0 spiro atoms. The highest BCUT2D eigenvalue weighted by atomic mass is 19.4. The largest absolute Gasteiger partial charge is 0.574 e. The smallest absolute Gasteiger partial charge is 0.482 e. The standard InChI is InChI=1S/C16H15F4N3O4/c17-5-10-3-4-23(7-10)15(24)12-8-26-14(22-12)9-25-11-1-2-13(21-6-11)27-16(18,19)20/h1-2,6,8,10H,3-5,7,9H2/t10-/m1/s1. The lowest BCUT2D eigenvalue weighted by molar-refractivity contribution is -0.276. The van der Waals surface area contributed by atoms with Crippen LogP contribution in [0.3, 0.4) is 0 Å². The number of alkyl halides is 4. The molecule has 7 nitrogen and oxygen atoms in total. The Morgan fingerprint density at radius 1 is 1.37 bits per heavy atom. The summed E-state index contributed by atoms with van der Waals surface area (Å²) in [5.41, 5.74) is 0.0835. The first-order chi connectivity index (χ1) is 12.8. The SMILES string of the molecule is O=C(c1coc(COc2ccc(OC(F)(F)F)nc2)n1)N1CC[C@H](CF)C1. The summed E-state index contributed by atoms with van der Waals surface area (Å²) < 4.78 is 63.0. The lowest BCUT2D eigenvalue weighted by Gasteiger charge is -2.13. The predicted molar refractivity (Wildman–Crippen MR) is 81.7 cm³/mol. The van der Waals surface area contributed by atoms with E-state index in [1.54, 1.807) is 0 Å². The Bertz CT molecular complexity index is 779. The Labute approximate surface area is 150 Å². The van der Waals surface area contributed by atoms with Gasteiger partial charge in [-0.25, -0.2) is 9.97 Å². The maximum absolute atomic E-state index is 12.7. The molecule has 146 valence electrons. The van der Waals surface area contributed by atoms with Gasteiger partial charge >= 0.3 is 6.36 Å². The molecule has 0 radical (unpaired) electrons. The van der Waals surface area contributed by atoms with Gasteiger partial charge < -0.3 is 18.8 Å². The van der Waals surface area contributed by atoms with Crippen molar-refractivity contribution in [2.45, 2.75) is 19.4 Å². The number of carbonyl (C=O) groups excluding carboxylic acids is 1. The average molecular weight is 389 g/mol. The number of rotatable bonds is 6. The first kappa shape index (κ1) is 18.9. The highest BCUT2D eigenvalue weighted by molar-refractivity contribution is 5.92. The Balaban J connectivity index is 1.53. The van der Waals surface area contributed by atoms with Crippen LogP contribution in [0.15, 0.2) is 29.0 Å². The van der Waals surface area contributed by atoms with Crippen molar-refractivity contribution >= 4 is 5.91 Å². The molecule has 11 heteroatoms. The minimum absolute atomic E-state index is 0.0835. The van der Waals surface area contributed by atoms with Gasteiger partial charge in [-0.05, 0) is 12.5 Å². The quantitative estimate of drug-likeness (QED) is 0.707. The summed E-state index contributed by atoms with van der Waals surface area (Å²) >= 11 is 0. The number of hydrogen-bond donors (Lipinski definition) is 0. The van der Waals surface area contributed by atoms with E-state index in [4.69, 9.17) is 9.15 Å². The van der Waals surface area contributed by atoms with E-state index in [1.807, 2.05) is 0 Å². The van der Waals surface area contributed by atoms with Gasteiger partial charge in [0, 0.05) is 25.1 Å². The number of oxazole rings is 1. The normalized spacial score (nSPS) is 17.2. The first-order valence-corrected chi connectivity index (χ1v) is 7.98. The summed E-state index contributed by atoms with van der Waals surface area (Å²) in [7, 11) is 0. The van der Waals surface area contributed by atoms with Crippen LogP contribution < -0.4 is 9.47 Å². The first-order valence-electron chi connectivity index (χ1n) is 7.98. The molecule has 1 aliphatic rings. The molecule has 1 amide bonds. The van der Waals surface area contributed by atoms with E-state index < -0.39 is 18.9 Å². The van der Waals surface area contributed by atoms with E-state index >= 15 is 0 Å². The van der Waals surface area contributed by atoms with Gasteiger partial charge in [0.05, 0.1) is 12.9 Å². The Morgan fingerprint density at radius 3 is 2.81 bits per heavy atom. The molecule has 1 atom stereocenters. The molecule has 1 fully saturated rings. The van der Waals surface area contributed by atoms with E-state index in [2.05, 4.69) is 14.7 Å². The molecule has 0 unspecified atom stereocenters. The van der Waals surface area contributed by atoms with Gasteiger partial charge in [-0.15, -0.1) is 13.2 Å². The fraction of sp³-hybridized carbons (Fsp3) is 0.438. The van der Waals surface area contributed by atoms with Gasteiger partial charge in [-0.2, -0.15) is 0 Å². The van der Waals surface area contributed by atoms with Crippen molar-refractivity contribution in [3.63, 3.8) is 0 Å². The van der Waals surface area contributed by atoms with Gasteiger partial charge in [0.25, 0.3) is 5.91 Å². The van der Waals surface area contributed by atoms with Crippen LogP contribution in [-0.2, 0) is 6.61 Å².